The van der Waals surface area contributed by atoms with E-state index in [4.69, 9.17) is 16.0 Å². The van der Waals surface area contributed by atoms with Gasteiger partial charge in [0.25, 0.3) is 0 Å². The molecule has 1 N–H and O–H groups in total. The summed E-state index contributed by atoms with van der Waals surface area (Å²) in [7, 11) is 0. The number of aromatic nitrogens is 2. The molecule has 0 spiro atoms. The van der Waals surface area contributed by atoms with Crippen LogP contribution < -0.4 is 5.32 Å². The molecule has 2 aliphatic rings. The summed E-state index contributed by atoms with van der Waals surface area (Å²) in [5.74, 6) is 0.993. The van der Waals surface area contributed by atoms with Crippen molar-refractivity contribution in [1.82, 2.24) is 25.3 Å². The van der Waals surface area contributed by atoms with E-state index in [1.807, 2.05) is 23.1 Å². The maximum absolute atomic E-state index is 11.6. The highest BCUT2D eigenvalue weighted by molar-refractivity contribution is 6.33. The summed E-state index contributed by atoms with van der Waals surface area (Å²) >= 11 is 6.15. The zero-order valence-electron chi connectivity index (χ0n) is 12.4. The lowest BCUT2D eigenvalue weighted by Crippen LogP contribution is -2.51. The van der Waals surface area contributed by atoms with Crippen molar-refractivity contribution in [2.24, 2.45) is 0 Å². The highest BCUT2D eigenvalue weighted by Gasteiger charge is 2.35. The third-order valence-electron chi connectivity index (χ3n) is 4.25. The number of carbonyl (C=O) groups excluding carboxylic acids is 1. The van der Waals surface area contributed by atoms with Crippen LogP contribution in [0.5, 0.6) is 0 Å². The van der Waals surface area contributed by atoms with Gasteiger partial charge < -0.3 is 14.6 Å². The van der Waals surface area contributed by atoms with Crippen molar-refractivity contribution in [3.05, 3.63) is 35.2 Å². The summed E-state index contributed by atoms with van der Waals surface area (Å²) in [5, 5.41) is 11.7. The highest BCUT2D eigenvalue weighted by atomic mass is 35.5. The Hall–Kier alpha value is -2.12. The molecule has 2 fully saturated rings. The molecule has 120 valence electrons. The second-order valence-electron chi connectivity index (χ2n) is 5.75. The Bertz CT molecular complexity index is 734. The van der Waals surface area contributed by atoms with Gasteiger partial charge in [0.15, 0.2) is 0 Å². The summed E-state index contributed by atoms with van der Waals surface area (Å²) in [4.78, 5) is 15.7. The molecule has 1 aromatic carbocycles. The molecule has 0 unspecified atom stereocenters. The van der Waals surface area contributed by atoms with Crippen LogP contribution in [0.1, 0.15) is 5.89 Å². The number of carbonyl (C=O) groups is 1. The maximum Gasteiger partial charge on any atom is 0.317 e. The lowest BCUT2D eigenvalue weighted by Gasteiger charge is -2.35. The van der Waals surface area contributed by atoms with Crippen LogP contribution in [-0.4, -0.2) is 58.2 Å². The first-order valence-electron chi connectivity index (χ1n) is 7.55. The van der Waals surface area contributed by atoms with Crippen LogP contribution in [-0.2, 0) is 6.54 Å². The average molecular weight is 334 g/mol. The van der Waals surface area contributed by atoms with E-state index in [9.17, 15) is 4.79 Å². The molecule has 7 nitrogen and oxygen atoms in total. The van der Waals surface area contributed by atoms with Crippen LogP contribution >= 0.6 is 11.6 Å². The maximum atomic E-state index is 11.6. The van der Waals surface area contributed by atoms with Crippen LogP contribution in [0.25, 0.3) is 11.5 Å². The summed E-state index contributed by atoms with van der Waals surface area (Å²) < 4.78 is 5.74. The molecule has 8 heteroatoms. The Kier molecular flexibility index (Phi) is 3.66. The number of benzene rings is 1. The lowest BCUT2D eigenvalue weighted by atomic mass is 10.2. The van der Waals surface area contributed by atoms with Gasteiger partial charge in [0, 0.05) is 26.2 Å². The van der Waals surface area contributed by atoms with E-state index in [-0.39, 0.29) is 12.1 Å². The van der Waals surface area contributed by atoms with Crippen molar-refractivity contribution in [2.45, 2.75) is 12.6 Å². The predicted molar refractivity (Wildman–Crippen MR) is 83.9 cm³/mol. The van der Waals surface area contributed by atoms with Gasteiger partial charge in [-0.2, -0.15) is 0 Å². The normalized spacial score (nSPS) is 21.3. The van der Waals surface area contributed by atoms with Gasteiger partial charge in [-0.3, -0.25) is 4.90 Å². The highest BCUT2D eigenvalue weighted by Crippen LogP contribution is 2.26. The first-order chi connectivity index (χ1) is 11.2. The van der Waals surface area contributed by atoms with Crippen LogP contribution in [0, 0.1) is 0 Å². The van der Waals surface area contributed by atoms with Gasteiger partial charge in [-0.25, -0.2) is 4.79 Å². The Morgan fingerprint density at radius 3 is 3.04 bits per heavy atom. The Morgan fingerprint density at radius 1 is 1.30 bits per heavy atom. The predicted octanol–water partition coefficient (Wildman–Crippen LogP) is 1.60. The van der Waals surface area contributed by atoms with Crippen LogP contribution in [0.3, 0.4) is 0 Å². The molecule has 0 radical (unpaired) electrons. The van der Waals surface area contributed by atoms with E-state index in [1.54, 1.807) is 6.07 Å². The van der Waals surface area contributed by atoms with Crippen LogP contribution in [0.2, 0.25) is 5.02 Å². The third kappa shape index (κ3) is 2.77. The molecule has 0 bridgehead atoms. The molecule has 2 aliphatic heterocycles. The second kappa shape index (κ2) is 5.82. The van der Waals surface area contributed by atoms with E-state index in [0.717, 1.165) is 25.2 Å². The largest absolute Gasteiger partial charge is 0.419 e. The van der Waals surface area contributed by atoms with Gasteiger partial charge in [0.1, 0.15) is 0 Å². The van der Waals surface area contributed by atoms with Gasteiger partial charge in [-0.05, 0) is 12.1 Å². The fourth-order valence-corrected chi connectivity index (χ4v) is 3.28. The van der Waals surface area contributed by atoms with E-state index in [1.165, 1.54) is 0 Å². The molecular formula is C15H16ClN5O2. The molecule has 23 heavy (non-hydrogen) atoms. The number of fused-ring (bicyclic) bond motifs is 1. The minimum Gasteiger partial charge on any atom is -0.419 e. The number of piperazine rings is 1. The van der Waals surface area contributed by atoms with Crippen molar-refractivity contribution in [3.8, 4) is 11.5 Å². The quantitative estimate of drug-likeness (QED) is 0.923. The van der Waals surface area contributed by atoms with E-state index < -0.39 is 0 Å². The number of rotatable bonds is 3. The van der Waals surface area contributed by atoms with Crippen molar-refractivity contribution < 1.29 is 9.21 Å². The minimum atomic E-state index is 0.0356. The fourth-order valence-electron chi connectivity index (χ4n) is 3.06. The number of amides is 2. The Labute approximate surface area is 138 Å². The number of hydrogen-bond acceptors (Lipinski definition) is 5. The van der Waals surface area contributed by atoms with Gasteiger partial charge in [-0.1, -0.05) is 23.7 Å². The minimum absolute atomic E-state index is 0.0356. The van der Waals surface area contributed by atoms with E-state index in [2.05, 4.69) is 20.4 Å². The molecule has 0 saturated carbocycles. The van der Waals surface area contributed by atoms with Gasteiger partial charge >= 0.3 is 6.03 Å². The van der Waals surface area contributed by atoms with Gasteiger partial charge in [0.05, 0.1) is 23.2 Å². The monoisotopic (exact) mass is 333 g/mol. The van der Waals surface area contributed by atoms with Crippen LogP contribution in [0.15, 0.2) is 28.7 Å². The van der Waals surface area contributed by atoms with Crippen molar-refractivity contribution in [1.29, 1.82) is 0 Å². The summed E-state index contributed by atoms with van der Waals surface area (Å²) in [5.41, 5.74) is 0.739. The fraction of sp³-hybridized carbons (Fsp3) is 0.400. The second-order valence-corrected chi connectivity index (χ2v) is 6.16. The average Bonchev–Trinajstić information content (AvgIpc) is 3.15. The Balaban J connectivity index is 1.44. The standard InChI is InChI=1S/C15H16ClN5O2/c16-12-4-2-1-3-11(12)14-19-18-13(23-14)9-20-5-6-21-10(8-20)7-17-15(21)22/h1-4,10H,5-9H2,(H,17,22)/t10-/m1/s1. The molecule has 0 aliphatic carbocycles. The SMILES string of the molecule is O=C1NC[C@@H]2CN(Cc3nnc(-c4ccccc4Cl)o3)CCN12. The molecule has 1 atom stereocenters. The summed E-state index contributed by atoms with van der Waals surface area (Å²) in [6.45, 7) is 3.61. The zero-order chi connectivity index (χ0) is 15.8. The molecule has 1 aromatic heterocycles. The van der Waals surface area contributed by atoms with Crippen molar-refractivity contribution >= 4 is 17.6 Å². The smallest absolute Gasteiger partial charge is 0.317 e. The first kappa shape index (κ1) is 14.5. The van der Waals surface area contributed by atoms with Gasteiger partial charge in [-0.15, -0.1) is 10.2 Å². The molecule has 2 aromatic rings. The van der Waals surface area contributed by atoms with Crippen LogP contribution in [0.4, 0.5) is 4.79 Å². The van der Waals surface area contributed by atoms with Crippen molar-refractivity contribution in [2.75, 3.05) is 26.2 Å². The molecule has 2 saturated heterocycles. The van der Waals surface area contributed by atoms with E-state index >= 15 is 0 Å². The topological polar surface area (TPSA) is 74.5 Å². The number of urea groups is 1. The Morgan fingerprint density at radius 2 is 2.17 bits per heavy atom. The zero-order valence-corrected chi connectivity index (χ0v) is 13.2. The lowest BCUT2D eigenvalue weighted by molar-refractivity contribution is 0.110. The number of hydrogen-bond donors (Lipinski definition) is 1. The number of nitrogens with one attached hydrogen (secondary N) is 1. The summed E-state index contributed by atoms with van der Waals surface area (Å²) in [6, 6.07) is 7.65. The first-order valence-corrected chi connectivity index (χ1v) is 7.92. The summed E-state index contributed by atoms with van der Waals surface area (Å²) in [6.07, 6.45) is 0. The third-order valence-corrected chi connectivity index (χ3v) is 4.58. The van der Waals surface area contributed by atoms with E-state index in [0.29, 0.717) is 29.9 Å². The van der Waals surface area contributed by atoms with Gasteiger partial charge in [0.2, 0.25) is 11.8 Å². The molecule has 4 rings (SSSR count). The number of nitrogens with zero attached hydrogens (tertiary/aromatic N) is 4. The molecule has 3 heterocycles. The van der Waals surface area contributed by atoms with Crippen molar-refractivity contribution in [3.63, 3.8) is 0 Å². The number of halogens is 1. The molecular weight excluding hydrogens is 318 g/mol. The molecule has 2 amide bonds.